The summed E-state index contributed by atoms with van der Waals surface area (Å²) in [6.45, 7) is 6.63. The molecule has 0 aliphatic heterocycles. The van der Waals surface area contributed by atoms with E-state index >= 15 is 0 Å². The highest BCUT2D eigenvalue weighted by molar-refractivity contribution is 7.89. The minimum atomic E-state index is -3.75. The lowest BCUT2D eigenvalue weighted by atomic mass is 10.2. The molecule has 0 aliphatic carbocycles. The summed E-state index contributed by atoms with van der Waals surface area (Å²) in [7, 11) is -3.75. The van der Waals surface area contributed by atoms with Gasteiger partial charge >= 0.3 is 0 Å². The zero-order valence-electron chi connectivity index (χ0n) is 12.4. The monoisotopic (exact) mass is 329 g/mol. The van der Waals surface area contributed by atoms with Crippen molar-refractivity contribution >= 4 is 21.4 Å². The summed E-state index contributed by atoms with van der Waals surface area (Å²) >= 11 is 1.55. The van der Waals surface area contributed by atoms with Gasteiger partial charge in [-0.05, 0) is 39.8 Å². The number of furan rings is 1. The molecule has 5 nitrogen and oxygen atoms in total. The molecule has 7 heteroatoms. The molecule has 2 aromatic rings. The second-order valence-electron chi connectivity index (χ2n) is 4.97. The first-order chi connectivity index (χ1) is 9.76. The van der Waals surface area contributed by atoms with E-state index in [0.29, 0.717) is 17.1 Å². The normalized spacial score (nSPS) is 13.6. The smallest absolute Gasteiger partial charge is 0.244 e. The average Bonchev–Trinajstić information content (AvgIpc) is 2.92. The summed E-state index contributed by atoms with van der Waals surface area (Å²) in [4.78, 5) is 2.12. The second kappa shape index (κ2) is 5.92. The van der Waals surface area contributed by atoms with Crippen LogP contribution < -0.4 is 4.72 Å². The molecule has 0 amide bonds. The maximum atomic E-state index is 12.6. The van der Waals surface area contributed by atoms with Gasteiger partial charge in [-0.2, -0.15) is 0 Å². The Balaban J connectivity index is 2.35. The number of aliphatic hydroxyl groups is 1. The van der Waals surface area contributed by atoms with Gasteiger partial charge in [-0.25, -0.2) is 13.1 Å². The van der Waals surface area contributed by atoms with Crippen molar-refractivity contribution in [2.75, 3.05) is 0 Å². The van der Waals surface area contributed by atoms with Crippen molar-refractivity contribution in [3.8, 4) is 0 Å². The minimum absolute atomic E-state index is 0.0441. The summed E-state index contributed by atoms with van der Waals surface area (Å²) < 4.78 is 33.1. The molecular formula is C14H19NO4S2. The zero-order chi connectivity index (χ0) is 15.8. The van der Waals surface area contributed by atoms with Crippen LogP contribution >= 0.6 is 11.3 Å². The number of hydrogen-bond acceptors (Lipinski definition) is 5. The van der Waals surface area contributed by atoms with Gasteiger partial charge in [-0.3, -0.25) is 0 Å². The Morgan fingerprint density at radius 1 is 1.29 bits per heavy atom. The molecule has 0 fully saturated rings. The van der Waals surface area contributed by atoms with Gasteiger partial charge in [-0.15, -0.1) is 11.3 Å². The summed E-state index contributed by atoms with van der Waals surface area (Å²) in [6, 6.07) is 3.53. The molecule has 0 aliphatic rings. The molecule has 0 spiro atoms. The summed E-state index contributed by atoms with van der Waals surface area (Å²) in [5.74, 6) is 0.716. The molecule has 2 rings (SSSR count). The average molecular weight is 329 g/mol. The fraction of sp³-hybridized carbons (Fsp3) is 0.429. The van der Waals surface area contributed by atoms with Crippen LogP contribution in [0.1, 0.15) is 39.8 Å². The molecule has 116 valence electrons. The predicted molar refractivity (Wildman–Crippen MR) is 81.9 cm³/mol. The first kappa shape index (κ1) is 16.2. The van der Waals surface area contributed by atoms with Gasteiger partial charge in [0.15, 0.2) is 0 Å². The lowest BCUT2D eigenvalue weighted by Gasteiger charge is -2.13. The Morgan fingerprint density at radius 2 is 1.95 bits per heavy atom. The molecule has 2 heterocycles. The number of hydrogen-bond donors (Lipinski definition) is 2. The number of sulfonamides is 1. The Kier molecular flexibility index (Phi) is 4.57. The highest BCUT2D eigenvalue weighted by Crippen LogP contribution is 2.29. The summed E-state index contributed by atoms with van der Waals surface area (Å²) in [6.07, 6.45) is 0. The molecule has 21 heavy (non-hydrogen) atoms. The van der Waals surface area contributed by atoms with Crippen LogP contribution in [0.25, 0.3) is 0 Å². The van der Waals surface area contributed by atoms with Gasteiger partial charge in [0.05, 0.1) is 12.6 Å². The van der Waals surface area contributed by atoms with E-state index in [1.54, 1.807) is 32.1 Å². The van der Waals surface area contributed by atoms with Crippen LogP contribution in [0.4, 0.5) is 0 Å². The highest BCUT2D eigenvalue weighted by atomic mass is 32.2. The molecule has 0 bridgehead atoms. The highest BCUT2D eigenvalue weighted by Gasteiger charge is 2.28. The number of rotatable bonds is 5. The third-order valence-corrected chi connectivity index (χ3v) is 6.19. The van der Waals surface area contributed by atoms with Gasteiger partial charge in [0.2, 0.25) is 10.0 Å². The van der Waals surface area contributed by atoms with Gasteiger partial charge in [0.25, 0.3) is 0 Å². The third-order valence-electron chi connectivity index (χ3n) is 3.27. The molecule has 1 unspecified atom stereocenters. The number of thiophene rings is 1. The van der Waals surface area contributed by atoms with Crippen LogP contribution in [0, 0.1) is 20.8 Å². The van der Waals surface area contributed by atoms with Crippen molar-refractivity contribution in [3.63, 3.8) is 0 Å². The first-order valence-corrected chi connectivity index (χ1v) is 8.84. The Hall–Kier alpha value is -1.15. The molecule has 2 N–H and O–H groups in total. The van der Waals surface area contributed by atoms with E-state index in [-0.39, 0.29) is 17.5 Å². The van der Waals surface area contributed by atoms with E-state index in [1.165, 1.54) is 0 Å². The number of aliphatic hydroxyl groups excluding tert-OH is 1. The molecule has 0 saturated heterocycles. The quantitative estimate of drug-likeness (QED) is 0.884. The molecule has 0 radical (unpaired) electrons. The predicted octanol–water partition coefficient (Wildman–Crippen LogP) is 2.80. The zero-order valence-corrected chi connectivity index (χ0v) is 14.1. The molecule has 0 aromatic carbocycles. The Bertz CT molecular complexity index is 743. The topological polar surface area (TPSA) is 79.5 Å². The van der Waals surface area contributed by atoms with Crippen molar-refractivity contribution in [2.45, 2.75) is 45.2 Å². The lowest BCUT2D eigenvalue weighted by Crippen LogP contribution is -2.27. The molecule has 1 atom stereocenters. The summed E-state index contributed by atoms with van der Waals surface area (Å²) in [5.41, 5.74) is 0.314. The van der Waals surface area contributed by atoms with Crippen molar-refractivity contribution in [3.05, 3.63) is 39.0 Å². The van der Waals surface area contributed by atoms with Gasteiger partial charge in [-0.1, -0.05) is 0 Å². The molecule has 0 saturated carbocycles. The first-order valence-electron chi connectivity index (χ1n) is 6.54. The third kappa shape index (κ3) is 3.21. The fourth-order valence-electron chi connectivity index (χ4n) is 2.28. The van der Waals surface area contributed by atoms with Gasteiger partial charge in [0.1, 0.15) is 16.4 Å². The van der Waals surface area contributed by atoms with Crippen molar-refractivity contribution in [2.24, 2.45) is 0 Å². The van der Waals surface area contributed by atoms with E-state index in [4.69, 9.17) is 4.42 Å². The van der Waals surface area contributed by atoms with Crippen LogP contribution in [-0.4, -0.2) is 13.5 Å². The minimum Gasteiger partial charge on any atom is -0.465 e. The Morgan fingerprint density at radius 3 is 2.48 bits per heavy atom. The number of aryl methyl sites for hydroxylation is 3. The molecule has 2 aromatic heterocycles. The maximum absolute atomic E-state index is 12.6. The van der Waals surface area contributed by atoms with Crippen molar-refractivity contribution in [1.29, 1.82) is 0 Å². The summed E-state index contributed by atoms with van der Waals surface area (Å²) in [5, 5.41) is 9.38. The van der Waals surface area contributed by atoms with Crippen LogP contribution in [0.15, 0.2) is 21.4 Å². The van der Waals surface area contributed by atoms with Gasteiger partial charge in [0, 0.05) is 15.3 Å². The van der Waals surface area contributed by atoms with E-state index in [1.807, 2.05) is 19.1 Å². The number of nitrogens with one attached hydrogen (secondary N) is 1. The van der Waals surface area contributed by atoms with E-state index in [2.05, 4.69) is 4.72 Å². The Labute approximate surface area is 128 Å². The fourth-order valence-corrected chi connectivity index (χ4v) is 4.90. The van der Waals surface area contributed by atoms with Crippen LogP contribution in [0.2, 0.25) is 0 Å². The second-order valence-corrected chi connectivity index (χ2v) is 7.94. The van der Waals surface area contributed by atoms with Crippen molar-refractivity contribution in [1.82, 2.24) is 4.72 Å². The SMILES string of the molecule is Cc1ccc(C(C)NS(=O)(=O)c2c(C)oc(C)c2CO)s1. The largest absolute Gasteiger partial charge is 0.465 e. The standard InChI is InChI=1S/C14H19NO4S2/c1-8-5-6-13(20-8)9(2)15-21(17,18)14-11(4)19-10(3)12(14)7-16/h5-6,9,15-16H,7H2,1-4H3. The van der Waals surface area contributed by atoms with Crippen LogP contribution in [0.3, 0.4) is 0 Å². The van der Waals surface area contributed by atoms with E-state index in [9.17, 15) is 13.5 Å². The molecular weight excluding hydrogens is 310 g/mol. The van der Waals surface area contributed by atoms with E-state index in [0.717, 1.165) is 9.75 Å². The lowest BCUT2D eigenvalue weighted by molar-refractivity contribution is 0.276. The van der Waals surface area contributed by atoms with Crippen LogP contribution in [-0.2, 0) is 16.6 Å². The van der Waals surface area contributed by atoms with Crippen LogP contribution in [0.5, 0.6) is 0 Å². The maximum Gasteiger partial charge on any atom is 0.244 e. The van der Waals surface area contributed by atoms with Gasteiger partial charge < -0.3 is 9.52 Å². The van der Waals surface area contributed by atoms with Crippen molar-refractivity contribution < 1.29 is 17.9 Å². The van der Waals surface area contributed by atoms with E-state index < -0.39 is 10.0 Å².